The summed E-state index contributed by atoms with van der Waals surface area (Å²) in [6, 6.07) is 6.28. The Kier molecular flexibility index (Phi) is 4.72. The lowest BCUT2D eigenvalue weighted by molar-refractivity contribution is -0.128. The van der Waals surface area contributed by atoms with Crippen molar-refractivity contribution in [2.75, 3.05) is 12.4 Å². The SMILES string of the molecule is COC(=O)c1cccc(NC(=O)CCC2C(=O)NNC2=O)c1. The molecule has 3 amide bonds. The van der Waals surface area contributed by atoms with Crippen molar-refractivity contribution in [1.29, 1.82) is 0 Å². The first-order chi connectivity index (χ1) is 10.5. The first-order valence-electron chi connectivity index (χ1n) is 6.59. The monoisotopic (exact) mass is 305 g/mol. The number of amides is 3. The maximum absolute atomic E-state index is 11.8. The molecule has 8 nitrogen and oxygen atoms in total. The first kappa shape index (κ1) is 15.5. The van der Waals surface area contributed by atoms with Crippen LogP contribution in [0.15, 0.2) is 24.3 Å². The minimum Gasteiger partial charge on any atom is -0.465 e. The largest absolute Gasteiger partial charge is 0.465 e. The Labute approximate surface area is 126 Å². The fourth-order valence-corrected chi connectivity index (χ4v) is 2.02. The van der Waals surface area contributed by atoms with E-state index in [0.29, 0.717) is 11.3 Å². The molecule has 0 unspecified atom stereocenters. The van der Waals surface area contributed by atoms with E-state index in [4.69, 9.17) is 0 Å². The molecule has 22 heavy (non-hydrogen) atoms. The Morgan fingerprint density at radius 1 is 1.23 bits per heavy atom. The van der Waals surface area contributed by atoms with E-state index < -0.39 is 23.7 Å². The third-order valence-electron chi connectivity index (χ3n) is 3.17. The number of rotatable bonds is 5. The van der Waals surface area contributed by atoms with Crippen LogP contribution in [-0.2, 0) is 19.1 Å². The summed E-state index contributed by atoms with van der Waals surface area (Å²) in [7, 11) is 1.27. The quantitative estimate of drug-likeness (QED) is 0.522. The van der Waals surface area contributed by atoms with Gasteiger partial charge in [-0.1, -0.05) is 6.07 Å². The van der Waals surface area contributed by atoms with Crippen LogP contribution in [0.1, 0.15) is 23.2 Å². The summed E-state index contributed by atoms with van der Waals surface area (Å²) >= 11 is 0. The molecule has 0 atom stereocenters. The molecule has 1 aromatic rings. The molecule has 0 radical (unpaired) electrons. The summed E-state index contributed by atoms with van der Waals surface area (Å²) in [5, 5.41) is 2.60. The number of hydrazine groups is 1. The summed E-state index contributed by atoms with van der Waals surface area (Å²) in [6.45, 7) is 0. The Morgan fingerprint density at radius 3 is 2.55 bits per heavy atom. The molecule has 3 N–H and O–H groups in total. The van der Waals surface area contributed by atoms with Gasteiger partial charge < -0.3 is 10.1 Å². The van der Waals surface area contributed by atoms with Crippen molar-refractivity contribution in [2.24, 2.45) is 5.92 Å². The zero-order chi connectivity index (χ0) is 16.1. The van der Waals surface area contributed by atoms with Crippen LogP contribution in [0.3, 0.4) is 0 Å². The highest BCUT2D eigenvalue weighted by Crippen LogP contribution is 2.14. The normalized spacial score (nSPS) is 14.2. The topological polar surface area (TPSA) is 114 Å². The van der Waals surface area contributed by atoms with Gasteiger partial charge in [0.05, 0.1) is 12.7 Å². The second-order valence-electron chi connectivity index (χ2n) is 4.69. The van der Waals surface area contributed by atoms with E-state index in [0.717, 1.165) is 0 Å². The molecule has 0 aliphatic carbocycles. The van der Waals surface area contributed by atoms with E-state index in [2.05, 4.69) is 20.9 Å². The van der Waals surface area contributed by atoms with Crippen LogP contribution in [0.4, 0.5) is 5.69 Å². The second-order valence-corrected chi connectivity index (χ2v) is 4.69. The van der Waals surface area contributed by atoms with Crippen molar-refractivity contribution in [1.82, 2.24) is 10.9 Å². The van der Waals surface area contributed by atoms with Crippen molar-refractivity contribution in [3.8, 4) is 0 Å². The standard InChI is InChI=1S/C14H15N3O5/c1-22-14(21)8-3-2-4-9(7-8)15-11(18)6-5-10-12(19)16-17-13(10)20/h2-4,7,10H,5-6H2,1H3,(H,15,18)(H,16,19)(H,17,20). The molecule has 1 aliphatic heterocycles. The first-order valence-corrected chi connectivity index (χ1v) is 6.59. The predicted molar refractivity (Wildman–Crippen MR) is 75.4 cm³/mol. The lowest BCUT2D eigenvalue weighted by Gasteiger charge is -2.07. The molecule has 116 valence electrons. The molecule has 0 saturated carbocycles. The number of anilines is 1. The van der Waals surface area contributed by atoms with Crippen LogP contribution < -0.4 is 16.2 Å². The molecular weight excluding hydrogens is 290 g/mol. The highest BCUT2D eigenvalue weighted by atomic mass is 16.5. The van der Waals surface area contributed by atoms with Crippen LogP contribution in [0.25, 0.3) is 0 Å². The van der Waals surface area contributed by atoms with Gasteiger partial charge in [-0.2, -0.15) is 0 Å². The number of carbonyl (C=O) groups excluding carboxylic acids is 4. The van der Waals surface area contributed by atoms with Crippen molar-refractivity contribution < 1.29 is 23.9 Å². The van der Waals surface area contributed by atoms with Gasteiger partial charge >= 0.3 is 5.97 Å². The number of hydrogen-bond acceptors (Lipinski definition) is 5. The van der Waals surface area contributed by atoms with Gasteiger partial charge in [-0.25, -0.2) is 4.79 Å². The zero-order valence-corrected chi connectivity index (χ0v) is 11.8. The average Bonchev–Trinajstić information content (AvgIpc) is 2.83. The molecule has 0 aromatic heterocycles. The summed E-state index contributed by atoms with van der Waals surface area (Å²) in [5.74, 6) is -2.59. The van der Waals surface area contributed by atoms with Crippen LogP contribution in [0.5, 0.6) is 0 Å². The molecule has 1 saturated heterocycles. The van der Waals surface area contributed by atoms with Gasteiger partial charge in [0.15, 0.2) is 0 Å². The number of esters is 1. The molecule has 0 bridgehead atoms. The molecule has 0 spiro atoms. The molecule has 1 fully saturated rings. The summed E-state index contributed by atoms with van der Waals surface area (Å²) in [6.07, 6.45) is 0.119. The van der Waals surface area contributed by atoms with Gasteiger partial charge in [0.2, 0.25) is 5.91 Å². The molecule has 1 heterocycles. The van der Waals surface area contributed by atoms with E-state index in [1.54, 1.807) is 18.2 Å². The molecule has 1 aliphatic rings. The summed E-state index contributed by atoms with van der Waals surface area (Å²) in [5.41, 5.74) is 5.15. The number of nitrogens with one attached hydrogen (secondary N) is 3. The van der Waals surface area contributed by atoms with Gasteiger partial charge in [-0.3, -0.25) is 25.2 Å². The Balaban J connectivity index is 1.91. The van der Waals surface area contributed by atoms with Gasteiger partial charge in [0.1, 0.15) is 5.92 Å². The van der Waals surface area contributed by atoms with Gasteiger partial charge in [-0.05, 0) is 24.6 Å². The average molecular weight is 305 g/mol. The molecule has 1 aromatic carbocycles. The Morgan fingerprint density at radius 2 is 1.91 bits per heavy atom. The van der Waals surface area contributed by atoms with Crippen molar-refractivity contribution in [3.05, 3.63) is 29.8 Å². The van der Waals surface area contributed by atoms with Crippen molar-refractivity contribution in [3.63, 3.8) is 0 Å². The minimum atomic E-state index is -0.854. The highest BCUT2D eigenvalue weighted by molar-refractivity contribution is 6.05. The lowest BCUT2D eigenvalue weighted by atomic mass is 10.0. The van der Waals surface area contributed by atoms with Gasteiger partial charge in [0.25, 0.3) is 11.8 Å². The number of carbonyl (C=O) groups is 4. The number of hydrogen-bond donors (Lipinski definition) is 3. The maximum Gasteiger partial charge on any atom is 0.337 e. The second kappa shape index (κ2) is 6.70. The summed E-state index contributed by atoms with van der Waals surface area (Å²) in [4.78, 5) is 45.9. The van der Waals surface area contributed by atoms with Crippen LogP contribution in [0, 0.1) is 5.92 Å². The van der Waals surface area contributed by atoms with E-state index in [1.807, 2.05) is 0 Å². The lowest BCUT2D eigenvalue weighted by Crippen LogP contribution is -2.28. The fourth-order valence-electron chi connectivity index (χ4n) is 2.02. The van der Waals surface area contributed by atoms with E-state index in [9.17, 15) is 19.2 Å². The number of methoxy groups -OCH3 is 1. The van der Waals surface area contributed by atoms with Gasteiger partial charge in [0, 0.05) is 12.1 Å². The van der Waals surface area contributed by atoms with Crippen molar-refractivity contribution in [2.45, 2.75) is 12.8 Å². The van der Waals surface area contributed by atoms with Crippen LogP contribution in [-0.4, -0.2) is 30.8 Å². The third kappa shape index (κ3) is 3.60. The minimum absolute atomic E-state index is 0.00790. The molecule has 8 heteroatoms. The van der Waals surface area contributed by atoms with E-state index in [-0.39, 0.29) is 18.7 Å². The van der Waals surface area contributed by atoms with Crippen LogP contribution in [0.2, 0.25) is 0 Å². The molecule has 2 rings (SSSR count). The van der Waals surface area contributed by atoms with Crippen molar-refractivity contribution >= 4 is 29.4 Å². The Bertz CT molecular complexity index is 613. The van der Waals surface area contributed by atoms with E-state index >= 15 is 0 Å². The van der Waals surface area contributed by atoms with E-state index in [1.165, 1.54) is 13.2 Å². The predicted octanol–water partition coefficient (Wildman–Crippen LogP) is -0.0309. The third-order valence-corrected chi connectivity index (χ3v) is 3.17. The summed E-state index contributed by atoms with van der Waals surface area (Å²) < 4.78 is 4.59. The zero-order valence-electron chi connectivity index (χ0n) is 11.8. The molecular formula is C14H15N3O5. The smallest absolute Gasteiger partial charge is 0.337 e. The van der Waals surface area contributed by atoms with Gasteiger partial charge in [-0.15, -0.1) is 0 Å². The Hall–Kier alpha value is -2.90. The highest BCUT2D eigenvalue weighted by Gasteiger charge is 2.32. The fraction of sp³-hybridized carbons (Fsp3) is 0.286. The maximum atomic E-state index is 11.8. The number of benzene rings is 1. The number of ether oxygens (including phenoxy) is 1. The van der Waals surface area contributed by atoms with Crippen LogP contribution >= 0.6 is 0 Å².